The Bertz CT molecular complexity index is 656. The molecule has 94 valence electrons. The van der Waals surface area contributed by atoms with Crippen molar-refractivity contribution in [2.45, 2.75) is 4.90 Å². The molecule has 2 aromatic rings. The second kappa shape index (κ2) is 4.63. The van der Waals surface area contributed by atoms with Crippen molar-refractivity contribution in [3.05, 3.63) is 47.5 Å². The molecule has 0 saturated heterocycles. The molecule has 2 aromatic carbocycles. The van der Waals surface area contributed by atoms with Crippen LogP contribution < -0.4 is 0 Å². The van der Waals surface area contributed by atoms with Gasteiger partial charge in [0.15, 0.2) is 9.84 Å². The molecule has 0 unspecified atom stereocenters. The number of phenolic OH excluding ortho intramolecular Hbond substituents is 1. The van der Waals surface area contributed by atoms with Gasteiger partial charge < -0.3 is 5.11 Å². The summed E-state index contributed by atoms with van der Waals surface area (Å²) in [7, 11) is -3.19. The van der Waals surface area contributed by atoms with Gasteiger partial charge in [-0.3, -0.25) is 0 Å². The maximum absolute atomic E-state index is 11.3. The highest BCUT2D eigenvalue weighted by atomic mass is 35.5. The average molecular weight is 283 g/mol. The zero-order chi connectivity index (χ0) is 13.3. The summed E-state index contributed by atoms with van der Waals surface area (Å²) in [5.74, 6) is 0.0738. The van der Waals surface area contributed by atoms with Crippen molar-refractivity contribution in [2.75, 3.05) is 6.26 Å². The van der Waals surface area contributed by atoms with Crippen molar-refractivity contribution in [3.8, 4) is 16.9 Å². The molecule has 2 rings (SSSR count). The molecule has 0 aliphatic carbocycles. The zero-order valence-corrected chi connectivity index (χ0v) is 11.2. The van der Waals surface area contributed by atoms with E-state index in [-0.39, 0.29) is 10.6 Å². The van der Waals surface area contributed by atoms with Crippen molar-refractivity contribution in [2.24, 2.45) is 0 Å². The van der Waals surface area contributed by atoms with Crippen LogP contribution in [0, 0.1) is 0 Å². The first-order valence-corrected chi connectivity index (χ1v) is 7.43. The molecule has 0 bridgehead atoms. The van der Waals surface area contributed by atoms with Gasteiger partial charge >= 0.3 is 0 Å². The number of phenols is 1. The summed E-state index contributed by atoms with van der Waals surface area (Å²) in [6.45, 7) is 0. The summed E-state index contributed by atoms with van der Waals surface area (Å²) in [4.78, 5) is 0.262. The molecular weight excluding hydrogens is 272 g/mol. The van der Waals surface area contributed by atoms with Gasteiger partial charge in [0.25, 0.3) is 0 Å². The first-order chi connectivity index (χ1) is 8.36. The Morgan fingerprint density at radius 3 is 2.11 bits per heavy atom. The molecule has 0 aliphatic heterocycles. The molecule has 0 aromatic heterocycles. The third-order valence-electron chi connectivity index (χ3n) is 2.50. The summed E-state index contributed by atoms with van der Waals surface area (Å²) in [6.07, 6.45) is 1.16. The Kier molecular flexibility index (Phi) is 3.32. The van der Waals surface area contributed by atoms with Crippen molar-refractivity contribution < 1.29 is 13.5 Å². The van der Waals surface area contributed by atoms with E-state index in [0.29, 0.717) is 5.02 Å². The summed E-state index contributed by atoms with van der Waals surface area (Å²) in [6, 6.07) is 11.1. The lowest BCUT2D eigenvalue weighted by atomic mass is 10.1. The minimum Gasteiger partial charge on any atom is -0.508 e. The molecule has 0 saturated carbocycles. The zero-order valence-electron chi connectivity index (χ0n) is 9.59. The van der Waals surface area contributed by atoms with Gasteiger partial charge in [0.1, 0.15) is 5.75 Å². The van der Waals surface area contributed by atoms with Crippen LogP contribution in [0.3, 0.4) is 0 Å². The fraction of sp³-hybridized carbons (Fsp3) is 0.0769. The molecule has 0 spiro atoms. The SMILES string of the molecule is CS(=O)(=O)c1ccc(-c2cc(O)cc(Cl)c2)cc1. The average Bonchev–Trinajstić information content (AvgIpc) is 2.27. The number of benzene rings is 2. The van der Waals surface area contributed by atoms with Crippen LogP contribution in [0.15, 0.2) is 47.4 Å². The van der Waals surface area contributed by atoms with Crippen LogP contribution in [-0.2, 0) is 9.84 Å². The van der Waals surface area contributed by atoms with Gasteiger partial charge in [0.05, 0.1) is 4.90 Å². The van der Waals surface area contributed by atoms with E-state index >= 15 is 0 Å². The number of rotatable bonds is 2. The molecule has 0 atom stereocenters. The highest BCUT2D eigenvalue weighted by molar-refractivity contribution is 7.90. The topological polar surface area (TPSA) is 54.4 Å². The fourth-order valence-electron chi connectivity index (χ4n) is 1.64. The lowest BCUT2D eigenvalue weighted by Gasteiger charge is -2.05. The number of sulfone groups is 1. The maximum atomic E-state index is 11.3. The molecule has 1 N–H and O–H groups in total. The van der Waals surface area contributed by atoms with Crippen molar-refractivity contribution >= 4 is 21.4 Å². The molecule has 0 radical (unpaired) electrons. The highest BCUT2D eigenvalue weighted by Crippen LogP contribution is 2.28. The van der Waals surface area contributed by atoms with E-state index in [1.807, 2.05) is 0 Å². The predicted octanol–water partition coefficient (Wildman–Crippen LogP) is 3.12. The second-order valence-electron chi connectivity index (χ2n) is 3.99. The molecule has 0 amide bonds. The minimum atomic E-state index is -3.19. The predicted molar refractivity (Wildman–Crippen MR) is 71.7 cm³/mol. The van der Waals surface area contributed by atoms with Crippen LogP contribution in [0.5, 0.6) is 5.75 Å². The van der Waals surface area contributed by atoms with Gasteiger partial charge in [-0.05, 0) is 41.5 Å². The van der Waals surface area contributed by atoms with Crippen LogP contribution in [0.1, 0.15) is 0 Å². The molecule has 0 aliphatic rings. The van der Waals surface area contributed by atoms with E-state index in [1.54, 1.807) is 24.3 Å². The first-order valence-electron chi connectivity index (χ1n) is 5.16. The fourth-order valence-corrected chi connectivity index (χ4v) is 2.50. The summed E-state index contributed by atoms with van der Waals surface area (Å²) >= 11 is 5.85. The molecule has 5 heteroatoms. The van der Waals surface area contributed by atoms with Crippen molar-refractivity contribution in [1.82, 2.24) is 0 Å². The number of halogens is 1. The van der Waals surface area contributed by atoms with E-state index in [1.165, 1.54) is 18.2 Å². The van der Waals surface area contributed by atoms with E-state index in [0.717, 1.165) is 17.4 Å². The maximum Gasteiger partial charge on any atom is 0.175 e. The number of aromatic hydroxyl groups is 1. The van der Waals surface area contributed by atoms with E-state index in [9.17, 15) is 13.5 Å². The van der Waals surface area contributed by atoms with E-state index in [4.69, 9.17) is 11.6 Å². The molecular formula is C13H11ClO3S. The van der Waals surface area contributed by atoms with Gasteiger partial charge in [0.2, 0.25) is 0 Å². The second-order valence-corrected chi connectivity index (χ2v) is 6.45. The number of hydrogen-bond acceptors (Lipinski definition) is 3. The van der Waals surface area contributed by atoms with Gasteiger partial charge in [0, 0.05) is 11.3 Å². The van der Waals surface area contributed by atoms with Gasteiger partial charge in [-0.1, -0.05) is 23.7 Å². The Balaban J connectivity index is 2.46. The largest absolute Gasteiger partial charge is 0.508 e. The Morgan fingerprint density at radius 2 is 1.61 bits per heavy atom. The summed E-state index contributed by atoms with van der Waals surface area (Å²) in [5, 5.41) is 9.89. The molecule has 3 nitrogen and oxygen atoms in total. The number of hydrogen-bond donors (Lipinski definition) is 1. The van der Waals surface area contributed by atoms with Crippen LogP contribution in [0.2, 0.25) is 5.02 Å². The minimum absolute atomic E-state index is 0.0738. The first kappa shape index (κ1) is 12.9. The Labute approximate surface area is 111 Å². The smallest absolute Gasteiger partial charge is 0.175 e. The van der Waals surface area contributed by atoms with Crippen molar-refractivity contribution in [3.63, 3.8) is 0 Å². The molecule has 0 heterocycles. The molecule has 0 fully saturated rings. The summed E-state index contributed by atoms with van der Waals surface area (Å²) in [5.41, 5.74) is 1.53. The van der Waals surface area contributed by atoms with Crippen LogP contribution >= 0.6 is 11.6 Å². The van der Waals surface area contributed by atoms with Crippen molar-refractivity contribution in [1.29, 1.82) is 0 Å². The monoisotopic (exact) mass is 282 g/mol. The quantitative estimate of drug-likeness (QED) is 0.921. The standard InChI is InChI=1S/C13H11ClO3S/c1-18(16,17)13-4-2-9(3-5-13)10-6-11(14)8-12(15)7-10/h2-8,15H,1H3. The Hall–Kier alpha value is -1.52. The third-order valence-corrected chi connectivity index (χ3v) is 3.85. The van der Waals surface area contributed by atoms with Gasteiger partial charge in [-0.15, -0.1) is 0 Å². The van der Waals surface area contributed by atoms with Crippen LogP contribution in [-0.4, -0.2) is 19.8 Å². The lowest BCUT2D eigenvalue weighted by Crippen LogP contribution is -1.96. The Morgan fingerprint density at radius 1 is 1.00 bits per heavy atom. The van der Waals surface area contributed by atoms with Gasteiger partial charge in [-0.2, -0.15) is 0 Å². The highest BCUT2D eigenvalue weighted by Gasteiger charge is 2.07. The summed E-state index contributed by atoms with van der Waals surface area (Å²) < 4.78 is 22.7. The third kappa shape index (κ3) is 2.83. The normalized spacial score (nSPS) is 11.4. The van der Waals surface area contributed by atoms with Crippen LogP contribution in [0.25, 0.3) is 11.1 Å². The van der Waals surface area contributed by atoms with Gasteiger partial charge in [-0.25, -0.2) is 8.42 Å². The molecule has 18 heavy (non-hydrogen) atoms. The van der Waals surface area contributed by atoms with Crippen LogP contribution in [0.4, 0.5) is 0 Å². The van der Waals surface area contributed by atoms with E-state index in [2.05, 4.69) is 0 Å². The van der Waals surface area contributed by atoms with E-state index < -0.39 is 9.84 Å². The lowest BCUT2D eigenvalue weighted by molar-refractivity contribution is 0.475.